The van der Waals surface area contributed by atoms with Crippen molar-refractivity contribution in [3.05, 3.63) is 21.7 Å². The largest absolute Gasteiger partial charge is 0.488 e. The van der Waals surface area contributed by atoms with Gasteiger partial charge in [-0.3, -0.25) is 0 Å². The molecule has 0 fully saturated rings. The van der Waals surface area contributed by atoms with Crippen molar-refractivity contribution in [3.63, 3.8) is 0 Å². The molecule has 0 radical (unpaired) electrons. The van der Waals surface area contributed by atoms with Gasteiger partial charge in [0.1, 0.15) is 13.2 Å². The summed E-state index contributed by atoms with van der Waals surface area (Å²) < 4.78 is 44.6. The summed E-state index contributed by atoms with van der Waals surface area (Å²) in [6, 6.07) is 1.87. The van der Waals surface area contributed by atoms with Gasteiger partial charge < -0.3 is 15.0 Å². The lowest BCUT2D eigenvalue weighted by atomic mass is 10.0. The van der Waals surface area contributed by atoms with E-state index in [9.17, 15) is 13.2 Å². The molecule has 2 aliphatic heterocycles. The fraction of sp³-hybridized carbons (Fsp3) is 0.571. The van der Waals surface area contributed by atoms with Crippen molar-refractivity contribution >= 4 is 21.6 Å². The number of rotatable bonds is 1. The summed E-state index contributed by atoms with van der Waals surface area (Å²) in [5.74, 6) is 0.547. The van der Waals surface area contributed by atoms with Gasteiger partial charge >= 0.3 is 6.18 Å². The van der Waals surface area contributed by atoms with Crippen LogP contribution in [0.3, 0.4) is 0 Å². The Kier molecular flexibility index (Phi) is 4.05. The van der Waals surface area contributed by atoms with Crippen molar-refractivity contribution < 1.29 is 17.9 Å². The maximum atomic E-state index is 12.7. The van der Waals surface area contributed by atoms with Crippen LogP contribution in [-0.4, -0.2) is 39.0 Å². The minimum Gasteiger partial charge on any atom is -0.488 e. The Hall–Kier alpha value is -0.950. The highest BCUT2D eigenvalue weighted by atomic mass is 79.9. The van der Waals surface area contributed by atoms with Gasteiger partial charge in [0.2, 0.25) is 0 Å². The summed E-state index contributed by atoms with van der Waals surface area (Å²) in [7, 11) is 0. The molecule has 1 aromatic carbocycles. The van der Waals surface area contributed by atoms with Crippen molar-refractivity contribution in [2.24, 2.45) is 0 Å². The van der Waals surface area contributed by atoms with Crippen molar-refractivity contribution in [1.82, 2.24) is 5.32 Å². The molecule has 2 heterocycles. The summed E-state index contributed by atoms with van der Waals surface area (Å²) in [5.41, 5.74) is 2.79. The first-order valence-corrected chi connectivity index (χ1v) is 7.74. The topological polar surface area (TPSA) is 24.5 Å². The third kappa shape index (κ3) is 3.13. The molecular weight excluding hydrogens is 349 g/mol. The van der Waals surface area contributed by atoms with Crippen molar-refractivity contribution in [2.45, 2.75) is 19.0 Å². The summed E-state index contributed by atoms with van der Waals surface area (Å²) in [4.78, 5) is 1.36. The molecule has 0 atom stereocenters. The molecular formula is C14H16BrF3N2O. The standard InChI is InChI=1S/C14H16BrF3N2O/c15-12-10-2-4-19-3-1-9(10)7-11-13(12)21-6-5-20(11)8-14(16,17)18/h7,19H,1-6,8H2. The molecule has 3 rings (SSSR count). The Morgan fingerprint density at radius 1 is 1.29 bits per heavy atom. The van der Waals surface area contributed by atoms with Gasteiger partial charge in [0.25, 0.3) is 0 Å². The van der Waals surface area contributed by atoms with Gasteiger partial charge in [0.05, 0.1) is 16.7 Å². The fourth-order valence-electron chi connectivity index (χ4n) is 2.89. The van der Waals surface area contributed by atoms with Crippen LogP contribution in [0.4, 0.5) is 18.9 Å². The van der Waals surface area contributed by atoms with E-state index in [1.165, 1.54) is 4.90 Å². The molecule has 7 heteroatoms. The number of benzene rings is 1. The van der Waals surface area contributed by atoms with E-state index in [2.05, 4.69) is 21.2 Å². The molecule has 0 saturated heterocycles. The minimum absolute atomic E-state index is 0.260. The van der Waals surface area contributed by atoms with Crippen LogP contribution >= 0.6 is 15.9 Å². The molecule has 0 spiro atoms. The number of halogens is 4. The average molecular weight is 365 g/mol. The number of fused-ring (bicyclic) bond motifs is 2. The van der Waals surface area contributed by atoms with Crippen LogP contribution in [0.2, 0.25) is 0 Å². The zero-order chi connectivity index (χ0) is 15.0. The van der Waals surface area contributed by atoms with E-state index in [-0.39, 0.29) is 13.2 Å². The highest BCUT2D eigenvalue weighted by Gasteiger charge is 2.34. The Bertz CT molecular complexity index is 548. The molecule has 0 aromatic heterocycles. The molecule has 3 nitrogen and oxygen atoms in total. The van der Waals surface area contributed by atoms with Gasteiger partial charge in [-0.2, -0.15) is 13.2 Å². The number of hydrogen-bond acceptors (Lipinski definition) is 3. The lowest BCUT2D eigenvalue weighted by Crippen LogP contribution is -2.40. The summed E-state index contributed by atoms with van der Waals surface area (Å²) in [5, 5.41) is 3.31. The SMILES string of the molecule is FC(F)(F)CN1CCOc2c1cc1c(c2Br)CCNCC1. The molecule has 21 heavy (non-hydrogen) atoms. The predicted octanol–water partition coefficient (Wildman–Crippen LogP) is 2.90. The quantitative estimate of drug-likeness (QED) is 0.829. The zero-order valence-corrected chi connectivity index (χ0v) is 13.0. The summed E-state index contributed by atoms with van der Waals surface area (Å²) in [6.45, 7) is 1.32. The van der Waals surface area contributed by atoms with E-state index < -0.39 is 12.7 Å². The maximum absolute atomic E-state index is 12.7. The van der Waals surface area contributed by atoms with E-state index in [1.807, 2.05) is 6.07 Å². The highest BCUT2D eigenvalue weighted by molar-refractivity contribution is 9.10. The lowest BCUT2D eigenvalue weighted by molar-refractivity contribution is -0.120. The van der Waals surface area contributed by atoms with Gasteiger partial charge in [0.15, 0.2) is 5.75 Å². The molecule has 1 N–H and O–H groups in total. The predicted molar refractivity (Wildman–Crippen MR) is 78.2 cm³/mol. The van der Waals surface area contributed by atoms with Gasteiger partial charge in [-0.05, 0) is 59.1 Å². The second kappa shape index (κ2) is 5.68. The molecule has 0 unspecified atom stereocenters. The third-order valence-corrected chi connectivity index (χ3v) is 4.68. The van der Waals surface area contributed by atoms with Gasteiger partial charge in [-0.25, -0.2) is 0 Å². The van der Waals surface area contributed by atoms with Crippen LogP contribution in [0.1, 0.15) is 11.1 Å². The first kappa shape index (κ1) is 15.0. The molecule has 1 aromatic rings. The highest BCUT2D eigenvalue weighted by Crippen LogP contribution is 2.43. The fourth-order valence-corrected chi connectivity index (χ4v) is 3.66. The third-order valence-electron chi connectivity index (χ3n) is 3.84. The summed E-state index contributed by atoms with van der Waals surface area (Å²) in [6.07, 6.45) is -2.54. The first-order chi connectivity index (χ1) is 9.96. The van der Waals surface area contributed by atoms with Crippen LogP contribution in [-0.2, 0) is 12.8 Å². The van der Waals surface area contributed by atoms with E-state index in [0.29, 0.717) is 11.4 Å². The van der Waals surface area contributed by atoms with E-state index in [0.717, 1.165) is 41.5 Å². The van der Waals surface area contributed by atoms with Gasteiger partial charge in [-0.1, -0.05) is 0 Å². The first-order valence-electron chi connectivity index (χ1n) is 6.95. The second-order valence-electron chi connectivity index (χ2n) is 5.31. The Morgan fingerprint density at radius 3 is 2.81 bits per heavy atom. The average Bonchev–Trinajstić information content (AvgIpc) is 2.64. The molecule has 0 aliphatic carbocycles. The van der Waals surface area contributed by atoms with Gasteiger partial charge in [0, 0.05) is 0 Å². The second-order valence-corrected chi connectivity index (χ2v) is 6.10. The number of nitrogens with one attached hydrogen (secondary N) is 1. The Morgan fingerprint density at radius 2 is 2.05 bits per heavy atom. The molecule has 0 bridgehead atoms. The van der Waals surface area contributed by atoms with Crippen LogP contribution in [0.25, 0.3) is 0 Å². The van der Waals surface area contributed by atoms with Crippen molar-refractivity contribution in [2.75, 3.05) is 37.7 Å². The number of hydrogen-bond donors (Lipinski definition) is 1. The number of nitrogens with zero attached hydrogens (tertiary/aromatic N) is 1. The van der Waals surface area contributed by atoms with E-state index in [1.54, 1.807) is 0 Å². The van der Waals surface area contributed by atoms with Crippen LogP contribution in [0.15, 0.2) is 10.5 Å². The minimum atomic E-state index is -4.21. The van der Waals surface area contributed by atoms with Gasteiger partial charge in [-0.15, -0.1) is 0 Å². The Balaban J connectivity index is 2.02. The van der Waals surface area contributed by atoms with E-state index >= 15 is 0 Å². The van der Waals surface area contributed by atoms with Crippen molar-refractivity contribution in [3.8, 4) is 5.75 Å². The normalized spacial score (nSPS) is 18.6. The van der Waals surface area contributed by atoms with Crippen LogP contribution < -0.4 is 15.0 Å². The van der Waals surface area contributed by atoms with E-state index in [4.69, 9.17) is 4.74 Å². The zero-order valence-electron chi connectivity index (χ0n) is 11.4. The molecule has 0 amide bonds. The summed E-state index contributed by atoms with van der Waals surface area (Å²) >= 11 is 3.53. The maximum Gasteiger partial charge on any atom is 0.405 e. The molecule has 2 aliphatic rings. The monoisotopic (exact) mass is 364 g/mol. The lowest BCUT2D eigenvalue weighted by Gasteiger charge is -2.33. The molecule has 0 saturated carbocycles. The molecule has 116 valence electrons. The smallest absolute Gasteiger partial charge is 0.405 e. The Labute approximate surface area is 129 Å². The van der Waals surface area contributed by atoms with Crippen molar-refractivity contribution in [1.29, 1.82) is 0 Å². The number of ether oxygens (including phenoxy) is 1. The number of alkyl halides is 3. The van der Waals surface area contributed by atoms with Crippen LogP contribution in [0, 0.1) is 0 Å². The van der Waals surface area contributed by atoms with Crippen LogP contribution in [0.5, 0.6) is 5.75 Å². The number of anilines is 1.